The fourth-order valence-corrected chi connectivity index (χ4v) is 5.55. The molecule has 142 valence electrons. The van der Waals surface area contributed by atoms with Gasteiger partial charge in [-0.05, 0) is 25.7 Å². The summed E-state index contributed by atoms with van der Waals surface area (Å²) in [5.41, 5.74) is 0. The molecule has 2 N–H and O–H groups in total. The summed E-state index contributed by atoms with van der Waals surface area (Å²) in [6.07, 6.45) is 11.4. The molecule has 1 amide bonds. The van der Waals surface area contributed by atoms with Gasteiger partial charge in [-0.15, -0.1) is 12.4 Å². The van der Waals surface area contributed by atoms with Crippen LogP contribution in [0.25, 0.3) is 0 Å². The predicted molar refractivity (Wildman–Crippen MR) is 100 cm³/mol. The zero-order valence-electron chi connectivity index (χ0n) is 14.6. The van der Waals surface area contributed by atoms with Gasteiger partial charge in [-0.2, -0.15) is 0 Å². The van der Waals surface area contributed by atoms with Gasteiger partial charge in [0, 0.05) is 25.6 Å². The minimum atomic E-state index is -3.08. The minimum Gasteiger partial charge on any atom is -0.355 e. The molecule has 2 aliphatic carbocycles. The van der Waals surface area contributed by atoms with Crippen LogP contribution in [0, 0.1) is 0 Å². The zero-order valence-corrected chi connectivity index (χ0v) is 16.2. The first-order chi connectivity index (χ1) is 11.1. The highest BCUT2D eigenvalue weighted by molar-refractivity contribution is 7.92. The van der Waals surface area contributed by atoms with Crippen molar-refractivity contribution < 1.29 is 13.2 Å². The molecule has 7 heteroatoms. The molecule has 2 fully saturated rings. The Balaban J connectivity index is 0.00000288. The van der Waals surface area contributed by atoms with Gasteiger partial charge in [0.2, 0.25) is 5.91 Å². The van der Waals surface area contributed by atoms with Crippen LogP contribution in [0.4, 0.5) is 0 Å². The maximum atomic E-state index is 12.1. The molecule has 0 spiro atoms. The van der Waals surface area contributed by atoms with Gasteiger partial charge >= 0.3 is 0 Å². The molecule has 2 aliphatic rings. The molecule has 24 heavy (non-hydrogen) atoms. The molecule has 0 aliphatic heterocycles. The smallest absolute Gasteiger partial charge is 0.221 e. The first-order valence-electron chi connectivity index (χ1n) is 9.29. The van der Waals surface area contributed by atoms with Crippen molar-refractivity contribution in [1.82, 2.24) is 10.6 Å². The third kappa shape index (κ3) is 7.70. The lowest BCUT2D eigenvalue weighted by Gasteiger charge is -2.16. The topological polar surface area (TPSA) is 75.3 Å². The SMILES string of the molecule is Cl.O=C(CCS(=O)(=O)C1CCCC1)NCCNC1CCCCCC1. The first kappa shape index (κ1) is 21.7. The Labute approximate surface area is 153 Å². The molecule has 0 saturated heterocycles. The van der Waals surface area contributed by atoms with E-state index in [1.807, 2.05) is 0 Å². The number of nitrogens with one attached hydrogen (secondary N) is 2. The molecule has 0 aromatic carbocycles. The van der Waals surface area contributed by atoms with Crippen LogP contribution >= 0.6 is 12.4 Å². The highest BCUT2D eigenvalue weighted by Gasteiger charge is 2.28. The maximum Gasteiger partial charge on any atom is 0.221 e. The monoisotopic (exact) mass is 380 g/mol. The highest BCUT2D eigenvalue weighted by Crippen LogP contribution is 2.25. The molecule has 0 radical (unpaired) electrons. The van der Waals surface area contributed by atoms with E-state index < -0.39 is 9.84 Å². The molecular formula is C17H33ClN2O3S. The second-order valence-corrected chi connectivity index (χ2v) is 9.42. The van der Waals surface area contributed by atoms with Crippen molar-refractivity contribution in [3.63, 3.8) is 0 Å². The van der Waals surface area contributed by atoms with Gasteiger partial charge in [0.15, 0.2) is 9.84 Å². The van der Waals surface area contributed by atoms with Crippen molar-refractivity contribution >= 4 is 28.2 Å². The van der Waals surface area contributed by atoms with Gasteiger partial charge in [-0.3, -0.25) is 4.79 Å². The van der Waals surface area contributed by atoms with E-state index in [9.17, 15) is 13.2 Å². The van der Waals surface area contributed by atoms with Crippen LogP contribution in [0.1, 0.15) is 70.6 Å². The van der Waals surface area contributed by atoms with Crippen molar-refractivity contribution in [3.8, 4) is 0 Å². The summed E-state index contributed by atoms with van der Waals surface area (Å²) in [7, 11) is -3.08. The minimum absolute atomic E-state index is 0. The number of hydrogen-bond donors (Lipinski definition) is 2. The van der Waals surface area contributed by atoms with Crippen molar-refractivity contribution in [2.24, 2.45) is 0 Å². The van der Waals surface area contributed by atoms with Crippen molar-refractivity contribution in [1.29, 1.82) is 0 Å². The lowest BCUT2D eigenvalue weighted by molar-refractivity contribution is -0.120. The second-order valence-electron chi connectivity index (χ2n) is 7.02. The Kier molecular flexibility index (Phi) is 10.2. The van der Waals surface area contributed by atoms with E-state index in [4.69, 9.17) is 0 Å². The fraction of sp³-hybridized carbons (Fsp3) is 0.941. The number of carbonyl (C=O) groups is 1. The third-order valence-electron chi connectivity index (χ3n) is 5.16. The van der Waals surface area contributed by atoms with Crippen LogP contribution in [0.3, 0.4) is 0 Å². The molecular weight excluding hydrogens is 348 g/mol. The van der Waals surface area contributed by atoms with E-state index in [-0.39, 0.29) is 35.7 Å². The van der Waals surface area contributed by atoms with Crippen LogP contribution in [-0.4, -0.2) is 44.5 Å². The van der Waals surface area contributed by atoms with E-state index in [1.54, 1.807) is 0 Å². The molecule has 0 atom stereocenters. The lowest BCUT2D eigenvalue weighted by Crippen LogP contribution is -2.37. The summed E-state index contributed by atoms with van der Waals surface area (Å²) in [6, 6.07) is 0.581. The van der Waals surface area contributed by atoms with Gasteiger partial charge < -0.3 is 10.6 Å². The largest absolute Gasteiger partial charge is 0.355 e. The average Bonchev–Trinajstić information content (AvgIpc) is 2.96. The number of sulfone groups is 1. The highest BCUT2D eigenvalue weighted by atomic mass is 35.5. The predicted octanol–water partition coefficient (Wildman–Crippen LogP) is 2.58. The lowest BCUT2D eigenvalue weighted by atomic mass is 10.1. The van der Waals surface area contributed by atoms with Crippen molar-refractivity contribution in [3.05, 3.63) is 0 Å². The molecule has 5 nitrogen and oxygen atoms in total. The summed E-state index contributed by atoms with van der Waals surface area (Å²) in [5.74, 6) is -0.145. The van der Waals surface area contributed by atoms with Crippen LogP contribution in [0.2, 0.25) is 0 Å². The first-order valence-corrected chi connectivity index (χ1v) is 11.0. The second kappa shape index (κ2) is 11.3. The van der Waals surface area contributed by atoms with E-state index in [0.717, 1.165) is 32.2 Å². The number of amides is 1. The summed E-state index contributed by atoms with van der Waals surface area (Å²) >= 11 is 0. The number of carbonyl (C=O) groups excluding carboxylic acids is 1. The van der Waals surface area contributed by atoms with E-state index in [1.165, 1.54) is 38.5 Å². The maximum absolute atomic E-state index is 12.1. The number of hydrogen-bond acceptors (Lipinski definition) is 4. The Hall–Kier alpha value is -0.330. The van der Waals surface area contributed by atoms with Crippen LogP contribution in [-0.2, 0) is 14.6 Å². The molecule has 0 unspecified atom stereocenters. The van der Waals surface area contributed by atoms with E-state index in [2.05, 4.69) is 10.6 Å². The molecule has 0 aromatic rings. The van der Waals surface area contributed by atoms with Crippen LogP contribution < -0.4 is 10.6 Å². The van der Waals surface area contributed by atoms with E-state index >= 15 is 0 Å². The zero-order chi connectivity index (χ0) is 16.5. The van der Waals surface area contributed by atoms with Crippen LogP contribution in [0.15, 0.2) is 0 Å². The quantitative estimate of drug-likeness (QED) is 0.501. The summed E-state index contributed by atoms with van der Waals surface area (Å²) in [5, 5.41) is 6.13. The summed E-state index contributed by atoms with van der Waals surface area (Å²) in [4.78, 5) is 11.8. The normalized spacial score (nSPS) is 20.3. The van der Waals surface area contributed by atoms with Gasteiger partial charge in [0.25, 0.3) is 0 Å². The molecule has 2 rings (SSSR count). The molecule has 2 saturated carbocycles. The summed E-state index contributed by atoms with van der Waals surface area (Å²) in [6.45, 7) is 1.35. The van der Waals surface area contributed by atoms with Gasteiger partial charge in [-0.1, -0.05) is 38.5 Å². The molecule has 0 aromatic heterocycles. The Morgan fingerprint density at radius 1 is 0.875 bits per heavy atom. The average molecular weight is 381 g/mol. The van der Waals surface area contributed by atoms with Gasteiger partial charge in [-0.25, -0.2) is 8.42 Å². The van der Waals surface area contributed by atoms with Crippen molar-refractivity contribution in [2.45, 2.75) is 81.9 Å². The van der Waals surface area contributed by atoms with Gasteiger partial charge in [0.1, 0.15) is 0 Å². The standard InChI is InChI=1S/C17H32N2O3S.ClH/c20-17(11-14-23(21,22)16-9-5-6-10-16)19-13-12-18-15-7-3-1-2-4-8-15;/h15-16,18H,1-14H2,(H,19,20);1H. The summed E-state index contributed by atoms with van der Waals surface area (Å²) < 4.78 is 24.2. The Bertz CT molecular complexity index is 456. The number of halogens is 1. The van der Waals surface area contributed by atoms with E-state index in [0.29, 0.717) is 12.6 Å². The van der Waals surface area contributed by atoms with Crippen molar-refractivity contribution in [2.75, 3.05) is 18.8 Å². The Morgan fingerprint density at radius 3 is 2.08 bits per heavy atom. The Morgan fingerprint density at radius 2 is 1.46 bits per heavy atom. The fourth-order valence-electron chi connectivity index (χ4n) is 3.70. The molecule has 0 heterocycles. The van der Waals surface area contributed by atoms with Gasteiger partial charge in [0.05, 0.1) is 11.0 Å². The number of rotatable bonds is 8. The van der Waals surface area contributed by atoms with Crippen LogP contribution in [0.5, 0.6) is 0 Å². The molecule has 0 bridgehead atoms. The third-order valence-corrected chi connectivity index (χ3v) is 7.42.